The Labute approximate surface area is 190 Å². The van der Waals surface area contributed by atoms with E-state index in [0.717, 1.165) is 11.9 Å². The van der Waals surface area contributed by atoms with Gasteiger partial charge in [0.25, 0.3) is 12.3 Å². The van der Waals surface area contributed by atoms with Crippen LogP contribution in [0.5, 0.6) is 0 Å². The number of aryl methyl sites for hydroxylation is 1. The molecule has 3 heterocycles. The van der Waals surface area contributed by atoms with Gasteiger partial charge in [0, 0.05) is 33.1 Å². The van der Waals surface area contributed by atoms with Crippen LogP contribution in [0.15, 0.2) is 30.5 Å². The zero-order valence-corrected chi connectivity index (χ0v) is 19.2. The number of carbonyl (C=O) groups is 1. The molecule has 0 spiro atoms. The third-order valence-corrected chi connectivity index (χ3v) is 4.89. The molecule has 0 bridgehead atoms. The quantitative estimate of drug-likeness (QED) is 0.465. The largest absolute Gasteiger partial charge is 0.372 e. The molecule has 33 heavy (non-hydrogen) atoms. The lowest BCUT2D eigenvalue weighted by Crippen LogP contribution is -2.18. The van der Waals surface area contributed by atoms with Crippen LogP contribution in [0.1, 0.15) is 68.6 Å². The fraction of sp³-hybridized carbons (Fsp3) is 0.500. The van der Waals surface area contributed by atoms with E-state index in [2.05, 4.69) is 20.8 Å². The van der Waals surface area contributed by atoms with Crippen LogP contribution in [-0.4, -0.2) is 38.3 Å². The fourth-order valence-electron chi connectivity index (χ4n) is 3.31. The highest BCUT2D eigenvalue weighted by Gasteiger charge is 2.30. The Hall–Kier alpha value is -3.11. The van der Waals surface area contributed by atoms with Crippen molar-refractivity contribution in [3.05, 3.63) is 41.9 Å². The Balaban J connectivity index is 0.000000323. The van der Waals surface area contributed by atoms with Crippen molar-refractivity contribution in [3.63, 3.8) is 0 Å². The number of nitrogens with zero attached hydrogens (tertiary/aromatic N) is 4. The van der Waals surface area contributed by atoms with E-state index in [1.165, 1.54) is 22.4 Å². The summed E-state index contributed by atoms with van der Waals surface area (Å²) >= 11 is 0. The van der Waals surface area contributed by atoms with Gasteiger partial charge in [0.05, 0.1) is 11.2 Å². The minimum Gasteiger partial charge on any atom is -0.372 e. The number of aromatic nitrogens is 4. The Bertz CT molecular complexity index is 1040. The van der Waals surface area contributed by atoms with Crippen molar-refractivity contribution in [1.82, 2.24) is 19.4 Å². The number of nitrogens with one attached hydrogen (secondary N) is 2. The number of rotatable bonds is 4. The van der Waals surface area contributed by atoms with Gasteiger partial charge in [0.2, 0.25) is 5.92 Å². The summed E-state index contributed by atoms with van der Waals surface area (Å²) in [6, 6.07) is 6.87. The van der Waals surface area contributed by atoms with Gasteiger partial charge in [0.1, 0.15) is 11.5 Å². The Kier molecular flexibility index (Phi) is 9.24. The number of fused-ring (bicyclic) bond motifs is 1. The molecule has 3 aromatic rings. The zero-order chi connectivity index (χ0) is 24.6. The number of carbonyl (C=O) groups excluding carboxylic acids is 1. The van der Waals surface area contributed by atoms with E-state index < -0.39 is 23.9 Å². The molecule has 182 valence electrons. The van der Waals surface area contributed by atoms with Crippen LogP contribution in [0, 0.1) is 0 Å². The molecule has 1 aliphatic carbocycles. The van der Waals surface area contributed by atoms with Gasteiger partial charge in [-0.3, -0.25) is 9.48 Å². The lowest BCUT2D eigenvalue weighted by molar-refractivity contribution is -0.0337. The van der Waals surface area contributed by atoms with Crippen molar-refractivity contribution < 1.29 is 22.4 Å². The molecule has 2 N–H and O–H groups in total. The average molecular weight is 471 g/mol. The summed E-state index contributed by atoms with van der Waals surface area (Å²) in [5, 5.41) is 13.2. The lowest BCUT2D eigenvalue weighted by atomic mass is 9.97. The molecular weight excluding hydrogens is 440 g/mol. The molecule has 0 atom stereocenters. The minimum absolute atomic E-state index is 0.0211. The molecule has 1 amide bonds. The highest BCUT2D eigenvalue weighted by molar-refractivity contribution is 6.04. The average Bonchev–Trinajstić information content (AvgIpc) is 3.38. The highest BCUT2D eigenvalue weighted by Crippen LogP contribution is 2.32. The van der Waals surface area contributed by atoms with Crippen molar-refractivity contribution in [1.29, 1.82) is 0 Å². The lowest BCUT2D eigenvalue weighted by Gasteiger charge is -2.20. The number of anilines is 2. The molecular formula is C22H30F4N6O. The van der Waals surface area contributed by atoms with Gasteiger partial charge in [-0.2, -0.15) is 5.10 Å². The summed E-state index contributed by atoms with van der Waals surface area (Å²) in [5.74, 6) is -2.28. The summed E-state index contributed by atoms with van der Waals surface area (Å²) in [7, 11) is 3.22. The maximum atomic E-state index is 12.9. The second-order valence-corrected chi connectivity index (χ2v) is 7.30. The fourth-order valence-corrected chi connectivity index (χ4v) is 3.31. The van der Waals surface area contributed by atoms with Gasteiger partial charge >= 0.3 is 0 Å². The molecule has 1 saturated carbocycles. The van der Waals surface area contributed by atoms with E-state index in [-0.39, 0.29) is 24.2 Å². The predicted molar refractivity (Wildman–Crippen MR) is 120 cm³/mol. The van der Waals surface area contributed by atoms with Gasteiger partial charge in [-0.1, -0.05) is 20.3 Å². The molecule has 0 saturated heterocycles. The summed E-state index contributed by atoms with van der Waals surface area (Å²) in [6.45, 7) is 4.00. The topological polar surface area (TPSA) is 76.2 Å². The van der Waals surface area contributed by atoms with Gasteiger partial charge in [-0.05, 0) is 37.1 Å². The number of amides is 1. The van der Waals surface area contributed by atoms with Crippen LogP contribution in [-0.2, 0) is 7.05 Å². The van der Waals surface area contributed by atoms with Crippen molar-refractivity contribution >= 4 is 22.9 Å². The standard InChI is InChI=1S/C14H14F2N6O.C6H10F2.C2H6/c1-17-11-6-4-8-3-5-10(22(8)19-11)14(23)18-9-7-21(2)20-12(9)13(15)16;7-6(8)4-2-1-3-5-6;1-2/h3-7,13H,1-2H3,(H,17,19)(H,18,23);1-5H2;1-2H3. The first-order valence-corrected chi connectivity index (χ1v) is 10.9. The van der Waals surface area contributed by atoms with Crippen molar-refractivity contribution in [2.45, 2.75) is 58.3 Å². The maximum absolute atomic E-state index is 12.9. The maximum Gasteiger partial charge on any atom is 0.284 e. The summed E-state index contributed by atoms with van der Waals surface area (Å²) in [5.41, 5.74) is 0.466. The molecule has 0 aromatic carbocycles. The molecule has 11 heteroatoms. The molecule has 1 aliphatic rings. The second-order valence-electron chi connectivity index (χ2n) is 7.30. The molecule has 1 fully saturated rings. The summed E-state index contributed by atoms with van der Waals surface area (Å²) in [6.07, 6.45) is 1.22. The van der Waals surface area contributed by atoms with Crippen LogP contribution in [0.2, 0.25) is 0 Å². The van der Waals surface area contributed by atoms with Gasteiger partial charge in [0.15, 0.2) is 5.69 Å². The van der Waals surface area contributed by atoms with Crippen LogP contribution in [0.4, 0.5) is 29.1 Å². The Morgan fingerprint density at radius 3 is 2.24 bits per heavy atom. The van der Waals surface area contributed by atoms with E-state index >= 15 is 0 Å². The summed E-state index contributed by atoms with van der Waals surface area (Å²) in [4.78, 5) is 12.4. The van der Waals surface area contributed by atoms with E-state index in [0.29, 0.717) is 18.7 Å². The van der Waals surface area contributed by atoms with Crippen LogP contribution in [0.3, 0.4) is 0 Å². The number of hydrogen-bond acceptors (Lipinski definition) is 4. The first-order chi connectivity index (χ1) is 15.7. The van der Waals surface area contributed by atoms with Gasteiger partial charge in [-0.25, -0.2) is 22.1 Å². The molecule has 0 radical (unpaired) electrons. The Morgan fingerprint density at radius 2 is 1.70 bits per heavy atom. The van der Waals surface area contributed by atoms with E-state index in [1.807, 2.05) is 13.8 Å². The molecule has 3 aromatic heterocycles. The number of halogens is 4. The van der Waals surface area contributed by atoms with Crippen LogP contribution >= 0.6 is 0 Å². The first-order valence-electron chi connectivity index (χ1n) is 10.9. The highest BCUT2D eigenvalue weighted by atomic mass is 19.3. The van der Waals surface area contributed by atoms with Crippen LogP contribution < -0.4 is 10.6 Å². The molecule has 7 nitrogen and oxygen atoms in total. The predicted octanol–water partition coefficient (Wildman–Crippen LogP) is 5.91. The van der Waals surface area contributed by atoms with Gasteiger partial charge < -0.3 is 10.6 Å². The Morgan fingerprint density at radius 1 is 1.06 bits per heavy atom. The number of alkyl halides is 4. The monoisotopic (exact) mass is 470 g/mol. The smallest absolute Gasteiger partial charge is 0.284 e. The SMILES string of the molecule is CC.CNc1ccc2ccc(C(=O)Nc3cn(C)nc3C(F)F)n2n1.FC1(F)CCCCC1. The van der Waals surface area contributed by atoms with E-state index in [9.17, 15) is 22.4 Å². The van der Waals surface area contributed by atoms with Crippen molar-refractivity contribution in [2.24, 2.45) is 7.05 Å². The van der Waals surface area contributed by atoms with Crippen molar-refractivity contribution in [2.75, 3.05) is 17.7 Å². The van der Waals surface area contributed by atoms with E-state index in [4.69, 9.17) is 0 Å². The van der Waals surface area contributed by atoms with Gasteiger partial charge in [-0.15, -0.1) is 5.10 Å². The molecule has 0 unspecified atom stereocenters. The minimum atomic E-state index is -2.77. The van der Waals surface area contributed by atoms with Crippen LogP contribution in [0.25, 0.3) is 5.52 Å². The summed E-state index contributed by atoms with van der Waals surface area (Å²) < 4.78 is 52.9. The van der Waals surface area contributed by atoms with Crippen molar-refractivity contribution in [3.8, 4) is 0 Å². The molecule has 0 aliphatic heterocycles. The number of hydrogen-bond donors (Lipinski definition) is 2. The third-order valence-electron chi connectivity index (χ3n) is 4.89. The third kappa shape index (κ3) is 6.93. The normalized spacial score (nSPS) is 14.7. The molecule has 4 rings (SSSR count). The zero-order valence-electron chi connectivity index (χ0n) is 19.2. The first kappa shape index (κ1) is 26.1. The van der Waals surface area contributed by atoms with E-state index in [1.54, 1.807) is 31.3 Å². The second kappa shape index (κ2) is 11.7.